The Morgan fingerprint density at radius 3 is 2.55 bits per heavy atom. The molecule has 0 radical (unpaired) electrons. The van der Waals surface area contributed by atoms with Gasteiger partial charge in [0, 0.05) is 12.7 Å². The summed E-state index contributed by atoms with van der Waals surface area (Å²) < 4.78 is 5.91. The Kier molecular flexibility index (Phi) is 4.57. The smallest absolute Gasteiger partial charge is 0.274 e. The van der Waals surface area contributed by atoms with Crippen LogP contribution in [0, 0.1) is 0 Å². The van der Waals surface area contributed by atoms with Gasteiger partial charge in [-0.3, -0.25) is 4.79 Å². The van der Waals surface area contributed by atoms with Crippen LogP contribution in [0.4, 0.5) is 11.4 Å². The maximum absolute atomic E-state index is 12.0. The number of anilines is 2. The van der Waals surface area contributed by atoms with Crippen molar-refractivity contribution >= 4 is 33.2 Å². The lowest BCUT2D eigenvalue weighted by molar-refractivity contribution is 0.102. The lowest BCUT2D eigenvalue weighted by Crippen LogP contribution is -2.13. The Bertz CT molecular complexity index is 614. The van der Waals surface area contributed by atoms with Gasteiger partial charge in [-0.05, 0) is 46.3 Å². The average molecular weight is 336 g/mol. The topological polar surface area (TPSA) is 63.2 Å². The quantitative estimate of drug-likeness (QED) is 0.900. The number of ether oxygens (including phenoxy) is 1. The average Bonchev–Trinajstić information content (AvgIpc) is 2.47. The molecule has 5 nitrogen and oxygen atoms in total. The van der Waals surface area contributed by atoms with E-state index < -0.39 is 0 Å². The van der Waals surface area contributed by atoms with Gasteiger partial charge in [-0.25, -0.2) is 4.98 Å². The first-order valence-electron chi connectivity index (χ1n) is 5.92. The van der Waals surface area contributed by atoms with Crippen molar-refractivity contribution < 1.29 is 9.53 Å². The molecule has 0 spiro atoms. The van der Waals surface area contributed by atoms with E-state index in [0.717, 1.165) is 10.2 Å². The van der Waals surface area contributed by atoms with Gasteiger partial charge in [-0.15, -0.1) is 0 Å². The lowest BCUT2D eigenvalue weighted by atomic mass is 10.2. The van der Waals surface area contributed by atoms with E-state index in [-0.39, 0.29) is 5.91 Å². The second kappa shape index (κ2) is 6.38. The number of methoxy groups -OCH3 is 1. The van der Waals surface area contributed by atoms with Gasteiger partial charge in [-0.1, -0.05) is 0 Å². The van der Waals surface area contributed by atoms with Crippen LogP contribution in [-0.4, -0.2) is 25.0 Å². The molecule has 1 aromatic heterocycles. The van der Waals surface area contributed by atoms with Crippen molar-refractivity contribution in [2.75, 3.05) is 24.8 Å². The standard InChI is InChI=1S/C14H14BrN3O2/c1-16-10-3-5-12(17-8-10)14(19)18-9-4-6-13(20-2)11(15)7-9/h3-8,16H,1-2H3,(H,18,19). The molecule has 0 unspecified atom stereocenters. The third-order valence-electron chi connectivity index (χ3n) is 2.69. The highest BCUT2D eigenvalue weighted by Crippen LogP contribution is 2.27. The number of halogens is 1. The van der Waals surface area contributed by atoms with Crippen molar-refractivity contribution in [3.63, 3.8) is 0 Å². The Morgan fingerprint density at radius 1 is 1.25 bits per heavy atom. The van der Waals surface area contributed by atoms with Crippen LogP contribution in [0.15, 0.2) is 41.0 Å². The predicted octanol–water partition coefficient (Wildman–Crippen LogP) is 3.15. The fourth-order valence-electron chi connectivity index (χ4n) is 1.62. The molecule has 0 bridgehead atoms. The maximum Gasteiger partial charge on any atom is 0.274 e. The zero-order valence-corrected chi connectivity index (χ0v) is 12.7. The molecule has 0 aliphatic rings. The summed E-state index contributed by atoms with van der Waals surface area (Å²) >= 11 is 3.37. The van der Waals surface area contributed by atoms with Gasteiger partial charge >= 0.3 is 0 Å². The van der Waals surface area contributed by atoms with Gasteiger partial charge in [0.25, 0.3) is 5.91 Å². The number of amides is 1. The summed E-state index contributed by atoms with van der Waals surface area (Å²) in [7, 11) is 3.39. The summed E-state index contributed by atoms with van der Waals surface area (Å²) in [4.78, 5) is 16.1. The minimum absolute atomic E-state index is 0.260. The Morgan fingerprint density at radius 2 is 2.00 bits per heavy atom. The zero-order valence-electron chi connectivity index (χ0n) is 11.1. The third kappa shape index (κ3) is 3.27. The van der Waals surface area contributed by atoms with Crippen LogP contribution in [-0.2, 0) is 0 Å². The molecule has 2 rings (SSSR count). The molecule has 1 aromatic carbocycles. The number of hydrogen-bond donors (Lipinski definition) is 2. The first kappa shape index (κ1) is 14.3. The summed E-state index contributed by atoms with van der Waals surface area (Å²) in [6.45, 7) is 0. The number of rotatable bonds is 4. The van der Waals surface area contributed by atoms with Gasteiger partial charge in [-0.2, -0.15) is 0 Å². The Labute approximate surface area is 125 Å². The van der Waals surface area contributed by atoms with Crippen LogP contribution in [0.3, 0.4) is 0 Å². The van der Waals surface area contributed by atoms with Crippen molar-refractivity contribution in [1.29, 1.82) is 0 Å². The lowest BCUT2D eigenvalue weighted by Gasteiger charge is -2.08. The highest BCUT2D eigenvalue weighted by atomic mass is 79.9. The minimum atomic E-state index is -0.260. The van der Waals surface area contributed by atoms with Crippen molar-refractivity contribution in [1.82, 2.24) is 4.98 Å². The summed E-state index contributed by atoms with van der Waals surface area (Å²) in [5, 5.41) is 5.73. The molecule has 2 N–H and O–H groups in total. The van der Waals surface area contributed by atoms with E-state index in [2.05, 4.69) is 31.5 Å². The third-order valence-corrected chi connectivity index (χ3v) is 3.31. The van der Waals surface area contributed by atoms with Gasteiger partial charge in [0.1, 0.15) is 11.4 Å². The molecule has 0 atom stereocenters. The second-order valence-electron chi connectivity index (χ2n) is 3.99. The van der Waals surface area contributed by atoms with Crippen LogP contribution in [0.1, 0.15) is 10.5 Å². The maximum atomic E-state index is 12.0. The molecule has 0 aliphatic heterocycles. The molecule has 2 aromatic rings. The predicted molar refractivity (Wildman–Crippen MR) is 82.4 cm³/mol. The Balaban J connectivity index is 2.12. The zero-order chi connectivity index (χ0) is 14.5. The van der Waals surface area contributed by atoms with Crippen molar-refractivity contribution in [3.05, 3.63) is 46.7 Å². The van der Waals surface area contributed by atoms with E-state index in [4.69, 9.17) is 4.74 Å². The molecule has 104 valence electrons. The molecule has 0 fully saturated rings. The van der Waals surface area contributed by atoms with Crippen molar-refractivity contribution in [2.24, 2.45) is 0 Å². The Hall–Kier alpha value is -2.08. The molecule has 1 heterocycles. The number of carbonyl (C=O) groups excluding carboxylic acids is 1. The van der Waals surface area contributed by atoms with Crippen LogP contribution < -0.4 is 15.4 Å². The second-order valence-corrected chi connectivity index (χ2v) is 4.84. The fraction of sp³-hybridized carbons (Fsp3) is 0.143. The van der Waals surface area contributed by atoms with Crippen LogP contribution in [0.25, 0.3) is 0 Å². The SMILES string of the molecule is CNc1ccc(C(=O)Nc2ccc(OC)c(Br)c2)nc1. The van der Waals surface area contributed by atoms with Crippen LogP contribution in [0.5, 0.6) is 5.75 Å². The number of hydrogen-bond acceptors (Lipinski definition) is 4. The molecule has 0 saturated heterocycles. The molecule has 0 saturated carbocycles. The number of nitrogens with zero attached hydrogens (tertiary/aromatic N) is 1. The van der Waals surface area contributed by atoms with E-state index in [1.807, 2.05) is 0 Å². The first-order valence-corrected chi connectivity index (χ1v) is 6.72. The van der Waals surface area contributed by atoms with Gasteiger partial charge in [0.15, 0.2) is 0 Å². The number of pyridine rings is 1. The summed E-state index contributed by atoms with van der Waals surface area (Å²) in [6.07, 6.45) is 1.61. The fourth-order valence-corrected chi connectivity index (χ4v) is 2.16. The van der Waals surface area contributed by atoms with E-state index in [1.54, 1.807) is 50.7 Å². The van der Waals surface area contributed by atoms with Gasteiger partial charge in [0.05, 0.1) is 23.5 Å². The number of benzene rings is 1. The number of nitrogens with one attached hydrogen (secondary N) is 2. The summed E-state index contributed by atoms with van der Waals surface area (Å²) in [5.74, 6) is 0.448. The summed E-state index contributed by atoms with van der Waals surface area (Å²) in [6, 6.07) is 8.78. The molecule has 6 heteroatoms. The molecular weight excluding hydrogens is 322 g/mol. The summed E-state index contributed by atoms with van der Waals surface area (Å²) in [5.41, 5.74) is 1.88. The number of aromatic nitrogens is 1. The molecule has 0 aliphatic carbocycles. The van der Waals surface area contributed by atoms with E-state index in [9.17, 15) is 4.79 Å². The van der Waals surface area contributed by atoms with E-state index in [0.29, 0.717) is 17.1 Å². The molecule has 20 heavy (non-hydrogen) atoms. The highest BCUT2D eigenvalue weighted by molar-refractivity contribution is 9.10. The van der Waals surface area contributed by atoms with Crippen molar-refractivity contribution in [3.8, 4) is 5.75 Å². The monoisotopic (exact) mass is 335 g/mol. The van der Waals surface area contributed by atoms with E-state index in [1.165, 1.54) is 0 Å². The molecular formula is C14H14BrN3O2. The van der Waals surface area contributed by atoms with E-state index >= 15 is 0 Å². The van der Waals surface area contributed by atoms with Gasteiger partial charge in [0.2, 0.25) is 0 Å². The molecule has 1 amide bonds. The first-order chi connectivity index (χ1) is 9.63. The highest BCUT2D eigenvalue weighted by Gasteiger charge is 2.09. The minimum Gasteiger partial charge on any atom is -0.496 e. The van der Waals surface area contributed by atoms with Crippen LogP contribution >= 0.6 is 15.9 Å². The van der Waals surface area contributed by atoms with Gasteiger partial charge < -0.3 is 15.4 Å². The van der Waals surface area contributed by atoms with Crippen LogP contribution in [0.2, 0.25) is 0 Å². The largest absolute Gasteiger partial charge is 0.496 e. The normalized spacial score (nSPS) is 9.95. The number of carbonyl (C=O) groups is 1. The van der Waals surface area contributed by atoms with Crippen molar-refractivity contribution in [2.45, 2.75) is 0 Å².